The third-order valence-corrected chi connectivity index (χ3v) is 5.61. The summed E-state index contributed by atoms with van der Waals surface area (Å²) in [4.78, 5) is 2.56. The van der Waals surface area contributed by atoms with E-state index in [9.17, 15) is 0 Å². The first-order valence-electron chi connectivity index (χ1n) is 8.18. The van der Waals surface area contributed by atoms with Crippen LogP contribution >= 0.6 is 0 Å². The number of fused-ring (bicyclic) bond motifs is 2. The number of nitrogens with one attached hydrogen (secondary N) is 1. The molecular formula is C16H30N2O. The van der Waals surface area contributed by atoms with E-state index in [2.05, 4.69) is 17.3 Å². The van der Waals surface area contributed by atoms with Gasteiger partial charge in [0, 0.05) is 32.3 Å². The minimum absolute atomic E-state index is 0.546. The molecule has 3 aliphatic carbocycles. The Hall–Kier alpha value is -0.120. The minimum Gasteiger partial charge on any atom is -0.383 e. The largest absolute Gasteiger partial charge is 0.383 e. The van der Waals surface area contributed by atoms with Gasteiger partial charge in [-0.15, -0.1) is 0 Å². The molecule has 4 unspecified atom stereocenters. The van der Waals surface area contributed by atoms with Gasteiger partial charge >= 0.3 is 0 Å². The molecule has 3 heteroatoms. The number of ether oxygens (including phenoxy) is 1. The van der Waals surface area contributed by atoms with Gasteiger partial charge in [-0.3, -0.25) is 4.90 Å². The molecule has 0 aliphatic heterocycles. The zero-order chi connectivity index (χ0) is 13.2. The van der Waals surface area contributed by atoms with Gasteiger partial charge in [0.05, 0.1) is 6.61 Å². The Labute approximate surface area is 118 Å². The molecule has 110 valence electrons. The Morgan fingerprint density at radius 1 is 1.21 bits per heavy atom. The van der Waals surface area contributed by atoms with Crippen LogP contribution in [0.25, 0.3) is 0 Å². The summed E-state index contributed by atoms with van der Waals surface area (Å²) >= 11 is 0. The molecule has 2 bridgehead atoms. The summed E-state index contributed by atoms with van der Waals surface area (Å²) in [5.74, 6) is 3.06. The fraction of sp³-hybridized carbons (Fsp3) is 1.00. The van der Waals surface area contributed by atoms with Gasteiger partial charge < -0.3 is 10.1 Å². The van der Waals surface area contributed by atoms with Gasteiger partial charge in [0.1, 0.15) is 0 Å². The quantitative estimate of drug-likeness (QED) is 0.728. The van der Waals surface area contributed by atoms with E-state index in [1.54, 1.807) is 0 Å². The molecule has 0 aromatic rings. The summed E-state index contributed by atoms with van der Waals surface area (Å²) in [6.07, 6.45) is 8.76. The van der Waals surface area contributed by atoms with Crippen molar-refractivity contribution in [3.63, 3.8) is 0 Å². The third kappa shape index (κ3) is 3.50. The maximum absolute atomic E-state index is 5.42. The number of methoxy groups -OCH3 is 1. The lowest BCUT2D eigenvalue weighted by Crippen LogP contribution is -2.46. The number of likely N-dealkylation sites (N-methyl/N-ethyl adjacent to an activating group) is 1. The second-order valence-corrected chi connectivity index (χ2v) is 7.17. The first-order valence-corrected chi connectivity index (χ1v) is 8.18. The minimum atomic E-state index is 0.546. The second-order valence-electron chi connectivity index (χ2n) is 7.17. The van der Waals surface area contributed by atoms with Crippen LogP contribution < -0.4 is 5.32 Å². The van der Waals surface area contributed by atoms with E-state index in [4.69, 9.17) is 4.74 Å². The Kier molecular flexibility index (Phi) is 4.45. The van der Waals surface area contributed by atoms with Crippen LogP contribution in [-0.4, -0.2) is 50.8 Å². The molecule has 19 heavy (non-hydrogen) atoms. The zero-order valence-electron chi connectivity index (χ0n) is 12.6. The molecule has 3 fully saturated rings. The van der Waals surface area contributed by atoms with E-state index in [1.807, 2.05) is 7.11 Å². The van der Waals surface area contributed by atoms with Crippen molar-refractivity contribution >= 4 is 0 Å². The zero-order valence-corrected chi connectivity index (χ0v) is 12.6. The van der Waals surface area contributed by atoms with Crippen LogP contribution in [0.1, 0.15) is 38.5 Å². The van der Waals surface area contributed by atoms with Crippen LogP contribution in [0, 0.1) is 17.8 Å². The van der Waals surface area contributed by atoms with E-state index in [0.29, 0.717) is 6.04 Å². The highest BCUT2D eigenvalue weighted by molar-refractivity contribution is 4.92. The van der Waals surface area contributed by atoms with Gasteiger partial charge in [-0.1, -0.05) is 6.42 Å². The molecule has 0 aromatic carbocycles. The van der Waals surface area contributed by atoms with Gasteiger partial charge in [0.2, 0.25) is 0 Å². The highest BCUT2D eigenvalue weighted by Gasteiger charge is 2.40. The smallest absolute Gasteiger partial charge is 0.0630 e. The van der Waals surface area contributed by atoms with Crippen LogP contribution in [-0.2, 0) is 4.74 Å². The number of hydrogen-bond donors (Lipinski definition) is 1. The lowest BCUT2D eigenvalue weighted by Gasteiger charge is -2.33. The van der Waals surface area contributed by atoms with E-state index in [0.717, 1.165) is 36.9 Å². The predicted octanol–water partition coefficient (Wildman–Crippen LogP) is 2.12. The van der Waals surface area contributed by atoms with Crippen molar-refractivity contribution < 1.29 is 4.74 Å². The van der Waals surface area contributed by atoms with Gasteiger partial charge in [-0.2, -0.15) is 0 Å². The molecule has 3 saturated carbocycles. The Bertz CT molecular complexity index is 292. The van der Waals surface area contributed by atoms with Gasteiger partial charge in [0.15, 0.2) is 0 Å². The maximum atomic E-state index is 5.42. The van der Waals surface area contributed by atoms with Crippen molar-refractivity contribution in [3.8, 4) is 0 Å². The van der Waals surface area contributed by atoms with Gasteiger partial charge in [0.25, 0.3) is 0 Å². The van der Waals surface area contributed by atoms with Crippen molar-refractivity contribution in [1.82, 2.24) is 10.2 Å². The summed E-state index contributed by atoms with van der Waals surface area (Å²) in [6.45, 7) is 3.23. The molecule has 0 heterocycles. The fourth-order valence-corrected chi connectivity index (χ4v) is 4.24. The summed E-state index contributed by atoms with van der Waals surface area (Å²) in [5, 5.41) is 3.66. The van der Waals surface area contributed by atoms with Crippen LogP contribution in [0.5, 0.6) is 0 Å². The maximum Gasteiger partial charge on any atom is 0.0630 e. The van der Waals surface area contributed by atoms with Crippen molar-refractivity contribution in [1.29, 1.82) is 0 Å². The lowest BCUT2D eigenvalue weighted by atomic mass is 9.88. The van der Waals surface area contributed by atoms with E-state index >= 15 is 0 Å². The van der Waals surface area contributed by atoms with E-state index < -0.39 is 0 Å². The lowest BCUT2D eigenvalue weighted by molar-refractivity contribution is 0.0874. The van der Waals surface area contributed by atoms with Crippen LogP contribution in [0.3, 0.4) is 0 Å². The van der Waals surface area contributed by atoms with Crippen molar-refractivity contribution in [3.05, 3.63) is 0 Å². The molecular weight excluding hydrogens is 236 g/mol. The van der Waals surface area contributed by atoms with Crippen LogP contribution in [0.2, 0.25) is 0 Å². The molecule has 0 amide bonds. The van der Waals surface area contributed by atoms with Crippen molar-refractivity contribution in [2.24, 2.45) is 17.8 Å². The molecule has 0 saturated heterocycles. The SMILES string of the molecule is COCC(CNC1CC1)N(C)CC1CC2CCC1C2. The molecule has 0 spiro atoms. The molecule has 1 N–H and O–H groups in total. The number of hydrogen-bond acceptors (Lipinski definition) is 3. The number of nitrogens with zero attached hydrogens (tertiary/aromatic N) is 1. The molecule has 3 aliphatic rings. The molecule has 4 atom stereocenters. The monoisotopic (exact) mass is 266 g/mol. The van der Waals surface area contributed by atoms with Crippen molar-refractivity contribution in [2.75, 3.05) is 33.9 Å². The molecule has 3 rings (SSSR count). The standard InChI is InChI=1S/C16H30N2O/c1-18(10-14-8-12-3-4-13(14)7-12)16(11-19-2)9-17-15-5-6-15/h12-17H,3-11H2,1-2H3. The summed E-state index contributed by atoms with van der Waals surface area (Å²) in [7, 11) is 4.12. The molecule has 3 nitrogen and oxygen atoms in total. The summed E-state index contributed by atoms with van der Waals surface area (Å²) < 4.78 is 5.42. The summed E-state index contributed by atoms with van der Waals surface area (Å²) in [5.41, 5.74) is 0. The Morgan fingerprint density at radius 2 is 2.05 bits per heavy atom. The first-order chi connectivity index (χ1) is 9.26. The van der Waals surface area contributed by atoms with E-state index in [1.165, 1.54) is 45.1 Å². The van der Waals surface area contributed by atoms with Gasteiger partial charge in [-0.05, 0) is 56.9 Å². The van der Waals surface area contributed by atoms with Crippen molar-refractivity contribution in [2.45, 2.75) is 50.6 Å². The highest BCUT2D eigenvalue weighted by atomic mass is 16.5. The normalized spacial score (nSPS) is 35.2. The van der Waals surface area contributed by atoms with E-state index in [-0.39, 0.29) is 0 Å². The highest BCUT2D eigenvalue weighted by Crippen LogP contribution is 2.48. The second kappa shape index (κ2) is 6.11. The summed E-state index contributed by atoms with van der Waals surface area (Å²) in [6, 6.07) is 1.35. The average molecular weight is 266 g/mol. The third-order valence-electron chi connectivity index (χ3n) is 5.61. The topological polar surface area (TPSA) is 24.5 Å². The first kappa shape index (κ1) is 13.8. The Morgan fingerprint density at radius 3 is 2.63 bits per heavy atom. The van der Waals surface area contributed by atoms with Crippen LogP contribution in [0.4, 0.5) is 0 Å². The van der Waals surface area contributed by atoms with Gasteiger partial charge in [-0.25, -0.2) is 0 Å². The average Bonchev–Trinajstić information content (AvgIpc) is 3.00. The molecule has 0 aromatic heterocycles. The molecule has 0 radical (unpaired) electrons. The van der Waals surface area contributed by atoms with Crippen LogP contribution in [0.15, 0.2) is 0 Å². The Balaban J connectivity index is 1.46. The fourth-order valence-electron chi connectivity index (χ4n) is 4.24. The number of rotatable bonds is 8. The predicted molar refractivity (Wildman–Crippen MR) is 78.3 cm³/mol.